The first-order valence-electron chi connectivity index (χ1n) is 9.86. The van der Waals surface area contributed by atoms with Crippen molar-refractivity contribution in [2.45, 2.75) is 78.2 Å². The molecule has 26 heavy (non-hydrogen) atoms. The van der Waals surface area contributed by atoms with Gasteiger partial charge in [-0.1, -0.05) is 12.1 Å². The zero-order valence-electron chi connectivity index (χ0n) is 16.6. The molecule has 0 bridgehead atoms. The van der Waals surface area contributed by atoms with E-state index in [1.807, 2.05) is 13.1 Å². The quantitative estimate of drug-likeness (QED) is 0.744. The third-order valence-corrected chi connectivity index (χ3v) is 5.03. The fourth-order valence-corrected chi connectivity index (χ4v) is 3.34. The topological polar surface area (TPSA) is 41.0 Å². The van der Waals surface area contributed by atoms with Gasteiger partial charge in [-0.05, 0) is 64.3 Å². The van der Waals surface area contributed by atoms with Crippen LogP contribution in [0.3, 0.4) is 0 Å². The molecule has 4 heteroatoms. The standard InChI is InChI=1S/C22H32N4/c1-16(2)26(22-10-11-22)15-21-7-5-6-20(25-21)12-18(4)24-14-19-9-8-17(3)23-13-19/h5-9,13,16,18,22,24H,10-12,14-15H2,1-4H3. The van der Waals surface area contributed by atoms with Gasteiger partial charge in [0, 0.05) is 55.2 Å². The maximum absolute atomic E-state index is 4.92. The number of aromatic nitrogens is 2. The molecule has 1 aliphatic carbocycles. The second kappa shape index (κ2) is 8.74. The lowest BCUT2D eigenvalue weighted by Gasteiger charge is -2.26. The Hall–Kier alpha value is -1.78. The Labute approximate surface area is 158 Å². The van der Waals surface area contributed by atoms with E-state index in [0.717, 1.165) is 31.2 Å². The molecule has 1 saturated carbocycles. The lowest BCUT2D eigenvalue weighted by atomic mass is 10.1. The first kappa shape index (κ1) is 19.0. The molecule has 3 rings (SSSR count). The number of rotatable bonds is 9. The van der Waals surface area contributed by atoms with Crippen LogP contribution in [0.4, 0.5) is 0 Å². The lowest BCUT2D eigenvalue weighted by Crippen LogP contribution is -2.33. The van der Waals surface area contributed by atoms with Crippen LogP contribution in [0.1, 0.15) is 56.3 Å². The fourth-order valence-electron chi connectivity index (χ4n) is 3.34. The van der Waals surface area contributed by atoms with Gasteiger partial charge in [0.05, 0.1) is 5.69 Å². The monoisotopic (exact) mass is 352 g/mol. The molecule has 0 spiro atoms. The summed E-state index contributed by atoms with van der Waals surface area (Å²) in [5, 5.41) is 3.58. The van der Waals surface area contributed by atoms with Crippen LogP contribution in [0, 0.1) is 6.92 Å². The highest BCUT2D eigenvalue weighted by Crippen LogP contribution is 2.29. The van der Waals surface area contributed by atoms with E-state index in [4.69, 9.17) is 4.98 Å². The van der Waals surface area contributed by atoms with Gasteiger partial charge in [0.1, 0.15) is 0 Å². The van der Waals surface area contributed by atoms with Gasteiger partial charge in [0.15, 0.2) is 0 Å². The van der Waals surface area contributed by atoms with Crippen molar-refractivity contribution in [1.29, 1.82) is 0 Å². The molecule has 0 radical (unpaired) electrons. The van der Waals surface area contributed by atoms with E-state index in [0.29, 0.717) is 12.1 Å². The van der Waals surface area contributed by atoms with Crippen LogP contribution in [-0.4, -0.2) is 33.0 Å². The molecule has 0 saturated heterocycles. The average Bonchev–Trinajstić information content (AvgIpc) is 3.44. The van der Waals surface area contributed by atoms with Crippen molar-refractivity contribution in [3.8, 4) is 0 Å². The minimum Gasteiger partial charge on any atom is -0.310 e. The molecule has 4 nitrogen and oxygen atoms in total. The number of nitrogens with zero attached hydrogens (tertiary/aromatic N) is 3. The van der Waals surface area contributed by atoms with Crippen LogP contribution in [-0.2, 0) is 19.5 Å². The molecule has 1 atom stereocenters. The normalized spacial score (nSPS) is 15.6. The van der Waals surface area contributed by atoms with Gasteiger partial charge in [-0.25, -0.2) is 0 Å². The van der Waals surface area contributed by atoms with Crippen LogP contribution < -0.4 is 5.32 Å². The molecule has 1 fully saturated rings. The molecule has 2 aromatic heterocycles. The maximum atomic E-state index is 4.92. The van der Waals surface area contributed by atoms with E-state index in [9.17, 15) is 0 Å². The summed E-state index contributed by atoms with van der Waals surface area (Å²) in [6.07, 6.45) is 5.57. The second-order valence-electron chi connectivity index (χ2n) is 7.91. The van der Waals surface area contributed by atoms with Gasteiger partial charge in [-0.15, -0.1) is 0 Å². The number of hydrogen-bond donors (Lipinski definition) is 1. The van der Waals surface area contributed by atoms with Crippen molar-refractivity contribution < 1.29 is 0 Å². The zero-order chi connectivity index (χ0) is 18.5. The zero-order valence-corrected chi connectivity index (χ0v) is 16.6. The van der Waals surface area contributed by atoms with Crippen LogP contribution >= 0.6 is 0 Å². The highest BCUT2D eigenvalue weighted by atomic mass is 15.2. The van der Waals surface area contributed by atoms with E-state index < -0.39 is 0 Å². The highest BCUT2D eigenvalue weighted by Gasteiger charge is 2.30. The molecule has 0 aromatic carbocycles. The lowest BCUT2D eigenvalue weighted by molar-refractivity contribution is 0.199. The summed E-state index contributed by atoms with van der Waals surface area (Å²) < 4.78 is 0. The molecule has 140 valence electrons. The molecule has 0 aliphatic heterocycles. The van der Waals surface area contributed by atoms with Crippen molar-refractivity contribution in [3.63, 3.8) is 0 Å². The minimum atomic E-state index is 0.378. The Balaban J connectivity index is 1.53. The van der Waals surface area contributed by atoms with Crippen LogP contribution in [0.15, 0.2) is 36.5 Å². The summed E-state index contributed by atoms with van der Waals surface area (Å²) >= 11 is 0. The molecule has 1 aliphatic rings. The summed E-state index contributed by atoms with van der Waals surface area (Å²) in [4.78, 5) is 11.9. The Bertz CT molecular complexity index is 690. The van der Waals surface area contributed by atoms with Gasteiger partial charge in [-0.3, -0.25) is 14.9 Å². The summed E-state index contributed by atoms with van der Waals surface area (Å²) in [6, 6.07) is 12.4. The number of pyridine rings is 2. The highest BCUT2D eigenvalue weighted by molar-refractivity contribution is 5.14. The van der Waals surface area contributed by atoms with Crippen molar-refractivity contribution in [2.24, 2.45) is 0 Å². The van der Waals surface area contributed by atoms with Crippen molar-refractivity contribution in [1.82, 2.24) is 20.2 Å². The van der Waals surface area contributed by atoms with Crippen molar-refractivity contribution in [2.75, 3.05) is 0 Å². The minimum absolute atomic E-state index is 0.378. The molecule has 2 heterocycles. The SMILES string of the molecule is Cc1ccc(CNC(C)Cc2cccc(CN(C(C)C)C3CC3)n2)cn1. The van der Waals surface area contributed by atoms with E-state index >= 15 is 0 Å². The largest absolute Gasteiger partial charge is 0.310 e. The number of nitrogens with one attached hydrogen (secondary N) is 1. The van der Waals surface area contributed by atoms with E-state index in [1.54, 1.807) is 0 Å². The van der Waals surface area contributed by atoms with E-state index in [1.165, 1.54) is 29.8 Å². The second-order valence-corrected chi connectivity index (χ2v) is 7.91. The molecular formula is C22H32N4. The molecule has 1 N–H and O–H groups in total. The summed E-state index contributed by atoms with van der Waals surface area (Å²) in [5.74, 6) is 0. The van der Waals surface area contributed by atoms with Crippen molar-refractivity contribution >= 4 is 0 Å². The van der Waals surface area contributed by atoms with E-state index in [-0.39, 0.29) is 0 Å². The Morgan fingerprint density at radius 2 is 1.88 bits per heavy atom. The van der Waals surface area contributed by atoms with Gasteiger partial charge in [-0.2, -0.15) is 0 Å². The number of aryl methyl sites for hydroxylation is 1. The number of hydrogen-bond acceptors (Lipinski definition) is 4. The first-order chi connectivity index (χ1) is 12.5. The third-order valence-electron chi connectivity index (χ3n) is 5.03. The van der Waals surface area contributed by atoms with Gasteiger partial charge in [0.25, 0.3) is 0 Å². The molecule has 0 amide bonds. The predicted molar refractivity (Wildman–Crippen MR) is 107 cm³/mol. The van der Waals surface area contributed by atoms with Gasteiger partial charge < -0.3 is 5.32 Å². The van der Waals surface area contributed by atoms with Gasteiger partial charge >= 0.3 is 0 Å². The Morgan fingerprint density at radius 3 is 2.54 bits per heavy atom. The fraction of sp³-hybridized carbons (Fsp3) is 0.545. The van der Waals surface area contributed by atoms with E-state index in [2.05, 4.69) is 66.3 Å². The summed E-state index contributed by atoms with van der Waals surface area (Å²) in [7, 11) is 0. The summed E-state index contributed by atoms with van der Waals surface area (Å²) in [6.45, 7) is 10.6. The van der Waals surface area contributed by atoms with Crippen LogP contribution in [0.2, 0.25) is 0 Å². The third kappa shape index (κ3) is 5.61. The Kier molecular flexibility index (Phi) is 6.38. The maximum Gasteiger partial charge on any atom is 0.0547 e. The Morgan fingerprint density at radius 1 is 1.12 bits per heavy atom. The average molecular weight is 353 g/mol. The van der Waals surface area contributed by atoms with Crippen LogP contribution in [0.5, 0.6) is 0 Å². The predicted octanol–water partition coefficient (Wildman–Crippen LogP) is 3.88. The first-order valence-corrected chi connectivity index (χ1v) is 9.86. The molecular weight excluding hydrogens is 320 g/mol. The van der Waals surface area contributed by atoms with Crippen molar-refractivity contribution in [3.05, 3.63) is 59.2 Å². The molecule has 2 aromatic rings. The smallest absolute Gasteiger partial charge is 0.0547 e. The van der Waals surface area contributed by atoms with Crippen LogP contribution in [0.25, 0.3) is 0 Å². The summed E-state index contributed by atoms with van der Waals surface area (Å²) in [5.41, 5.74) is 4.65. The van der Waals surface area contributed by atoms with Gasteiger partial charge in [0.2, 0.25) is 0 Å². The molecule has 1 unspecified atom stereocenters.